The van der Waals surface area contributed by atoms with E-state index in [9.17, 15) is 0 Å². The van der Waals surface area contributed by atoms with Gasteiger partial charge in [-0.15, -0.1) is 6.58 Å². The minimum absolute atomic E-state index is 0. The van der Waals surface area contributed by atoms with Crippen LogP contribution in [0.5, 0.6) is 0 Å². The summed E-state index contributed by atoms with van der Waals surface area (Å²) in [5, 5.41) is 8.00. The second-order valence-corrected chi connectivity index (χ2v) is 0.801. The van der Waals surface area contributed by atoms with Crippen LogP contribution in [0, 0.1) is 0 Å². The van der Waals surface area contributed by atoms with E-state index >= 15 is 0 Å². The van der Waals surface area contributed by atoms with Crippen LogP contribution in [0.3, 0.4) is 0 Å². The van der Waals surface area contributed by atoms with E-state index in [1.165, 1.54) is 0 Å². The first-order valence-corrected chi connectivity index (χ1v) is 1.63. The topological polar surface area (TPSA) is 20.2 Å². The van der Waals surface area contributed by atoms with Crippen molar-refractivity contribution in [2.45, 2.75) is 6.42 Å². The van der Waals surface area contributed by atoms with Gasteiger partial charge in [0.05, 0.1) is 0 Å². The van der Waals surface area contributed by atoms with Gasteiger partial charge < -0.3 is 5.11 Å². The molecule has 0 aliphatic carbocycles. The molecule has 39 valence electrons. The normalized spacial score (nSPS) is 6.17. The Labute approximate surface area is 50.8 Å². The Morgan fingerprint density at radius 2 is 2.17 bits per heavy atom. The quantitative estimate of drug-likeness (QED) is 0.480. The van der Waals surface area contributed by atoms with Crippen LogP contribution in [0.15, 0.2) is 12.7 Å². The van der Waals surface area contributed by atoms with Crippen molar-refractivity contribution in [1.82, 2.24) is 0 Å². The Morgan fingerprint density at radius 3 is 2.17 bits per heavy atom. The van der Waals surface area contributed by atoms with Crippen LogP contribution in [0.1, 0.15) is 6.42 Å². The van der Waals surface area contributed by atoms with Crippen LogP contribution in [-0.2, 0) is 19.5 Å². The summed E-state index contributed by atoms with van der Waals surface area (Å²) < 4.78 is 0. The molecule has 0 heterocycles. The van der Waals surface area contributed by atoms with Gasteiger partial charge in [0.1, 0.15) is 0 Å². The van der Waals surface area contributed by atoms with Crippen molar-refractivity contribution in [2.24, 2.45) is 0 Å². The standard InChI is InChI=1S/C4H8O.Rh/c1-2-3-4-5;/h2,5H,1,3-4H2;. The molecule has 2 heteroatoms. The fourth-order valence-electron chi connectivity index (χ4n) is 0.0913. The van der Waals surface area contributed by atoms with Crippen LogP contribution in [0.25, 0.3) is 0 Å². The Balaban J connectivity index is 0. The summed E-state index contributed by atoms with van der Waals surface area (Å²) in [4.78, 5) is 0. The van der Waals surface area contributed by atoms with Crippen LogP contribution in [0.4, 0.5) is 0 Å². The summed E-state index contributed by atoms with van der Waals surface area (Å²) >= 11 is 0. The third-order valence-corrected chi connectivity index (χ3v) is 0.333. The van der Waals surface area contributed by atoms with E-state index in [1.807, 2.05) is 0 Å². The number of rotatable bonds is 2. The van der Waals surface area contributed by atoms with Crippen LogP contribution in [0.2, 0.25) is 0 Å². The van der Waals surface area contributed by atoms with Crippen molar-refractivity contribution in [1.29, 1.82) is 0 Å². The molecule has 0 rings (SSSR count). The van der Waals surface area contributed by atoms with Crippen molar-refractivity contribution >= 4 is 0 Å². The zero-order valence-electron chi connectivity index (χ0n) is 3.48. The molecule has 0 fully saturated rings. The first kappa shape index (κ1) is 9.59. The van der Waals surface area contributed by atoms with E-state index in [0.717, 1.165) is 0 Å². The van der Waals surface area contributed by atoms with Gasteiger partial charge in [-0.3, -0.25) is 0 Å². The Morgan fingerprint density at radius 1 is 1.67 bits per heavy atom. The fraction of sp³-hybridized carbons (Fsp3) is 0.500. The van der Waals surface area contributed by atoms with Crippen molar-refractivity contribution < 1.29 is 24.6 Å². The largest absolute Gasteiger partial charge is 0.396 e. The third kappa shape index (κ3) is 8.85. The molecule has 0 bridgehead atoms. The fourth-order valence-corrected chi connectivity index (χ4v) is 0.0913. The summed E-state index contributed by atoms with van der Waals surface area (Å²) in [6, 6.07) is 0. The Kier molecular flexibility index (Phi) is 14.4. The first-order chi connectivity index (χ1) is 2.41. The van der Waals surface area contributed by atoms with Gasteiger partial charge >= 0.3 is 0 Å². The van der Waals surface area contributed by atoms with Gasteiger partial charge in [0.15, 0.2) is 0 Å². The predicted octanol–water partition coefficient (Wildman–Crippen LogP) is 0.552. The molecule has 1 N–H and O–H groups in total. The van der Waals surface area contributed by atoms with Gasteiger partial charge in [-0.05, 0) is 6.42 Å². The average Bonchev–Trinajstić information content (AvgIpc) is 1.41. The summed E-state index contributed by atoms with van der Waals surface area (Å²) in [5.41, 5.74) is 0. The van der Waals surface area contributed by atoms with Crippen LogP contribution >= 0.6 is 0 Å². The maximum Gasteiger partial charge on any atom is 0.0465 e. The number of aliphatic hydroxyl groups excluding tert-OH is 1. The molecule has 0 spiro atoms. The molecule has 0 aliphatic heterocycles. The zero-order chi connectivity index (χ0) is 4.12. The molecular formula is C4H8ORh. The molecule has 0 aromatic rings. The molecule has 0 aliphatic rings. The second kappa shape index (κ2) is 9.01. The maximum atomic E-state index is 8.00. The first-order valence-electron chi connectivity index (χ1n) is 1.63. The average molecular weight is 175 g/mol. The van der Waals surface area contributed by atoms with Gasteiger partial charge in [0.2, 0.25) is 0 Å². The number of hydrogen-bond donors (Lipinski definition) is 1. The minimum Gasteiger partial charge on any atom is -0.396 e. The molecular weight excluding hydrogens is 167 g/mol. The zero-order valence-corrected chi connectivity index (χ0v) is 5.12. The Bertz CT molecular complexity index is 28.7. The van der Waals surface area contributed by atoms with Gasteiger partial charge in [0, 0.05) is 26.1 Å². The van der Waals surface area contributed by atoms with Gasteiger partial charge in [-0.25, -0.2) is 0 Å². The summed E-state index contributed by atoms with van der Waals surface area (Å²) in [6.45, 7) is 3.62. The maximum absolute atomic E-state index is 8.00. The summed E-state index contributed by atoms with van der Waals surface area (Å²) in [5.74, 6) is 0. The third-order valence-electron chi connectivity index (χ3n) is 0.333. The Hall–Kier alpha value is 0.323. The SMILES string of the molecule is C=CCCO.[Rh]. The van der Waals surface area contributed by atoms with Crippen molar-refractivity contribution in [2.75, 3.05) is 6.61 Å². The van der Waals surface area contributed by atoms with E-state index in [4.69, 9.17) is 5.11 Å². The molecule has 1 nitrogen and oxygen atoms in total. The number of hydrogen-bond acceptors (Lipinski definition) is 1. The monoisotopic (exact) mass is 175 g/mol. The smallest absolute Gasteiger partial charge is 0.0465 e. The molecule has 0 saturated carbocycles. The second-order valence-electron chi connectivity index (χ2n) is 0.801. The molecule has 1 radical (unpaired) electrons. The molecule has 0 amide bonds. The van der Waals surface area contributed by atoms with E-state index in [2.05, 4.69) is 6.58 Å². The predicted molar refractivity (Wildman–Crippen MR) is 21.9 cm³/mol. The number of aliphatic hydroxyl groups is 1. The van der Waals surface area contributed by atoms with Crippen molar-refractivity contribution in [3.63, 3.8) is 0 Å². The molecule has 0 atom stereocenters. The van der Waals surface area contributed by atoms with Gasteiger partial charge in [0.25, 0.3) is 0 Å². The van der Waals surface area contributed by atoms with Crippen molar-refractivity contribution in [3.05, 3.63) is 12.7 Å². The van der Waals surface area contributed by atoms with E-state index in [1.54, 1.807) is 6.08 Å². The van der Waals surface area contributed by atoms with Gasteiger partial charge in [-0.2, -0.15) is 0 Å². The van der Waals surface area contributed by atoms with E-state index in [0.29, 0.717) is 6.42 Å². The molecule has 0 saturated heterocycles. The minimum atomic E-state index is 0. The molecule has 0 aromatic heterocycles. The van der Waals surface area contributed by atoms with Crippen molar-refractivity contribution in [3.8, 4) is 0 Å². The molecule has 0 unspecified atom stereocenters. The van der Waals surface area contributed by atoms with E-state index < -0.39 is 0 Å². The summed E-state index contributed by atoms with van der Waals surface area (Å²) in [7, 11) is 0. The van der Waals surface area contributed by atoms with Gasteiger partial charge in [-0.1, -0.05) is 6.08 Å². The van der Waals surface area contributed by atoms with Crippen LogP contribution in [-0.4, -0.2) is 11.7 Å². The van der Waals surface area contributed by atoms with E-state index in [-0.39, 0.29) is 26.1 Å². The van der Waals surface area contributed by atoms with Crippen LogP contribution < -0.4 is 0 Å². The summed E-state index contributed by atoms with van der Waals surface area (Å²) in [6.07, 6.45) is 2.39. The molecule has 0 aromatic carbocycles. The molecule has 6 heavy (non-hydrogen) atoms.